The van der Waals surface area contributed by atoms with Gasteiger partial charge in [0.15, 0.2) is 0 Å². The highest BCUT2D eigenvalue weighted by atomic mass is 19.3. The van der Waals surface area contributed by atoms with Crippen molar-refractivity contribution in [1.82, 2.24) is 4.98 Å². The Kier molecular flexibility index (Phi) is 3.35. The summed E-state index contributed by atoms with van der Waals surface area (Å²) in [6.07, 6.45) is -2.59. The maximum Gasteiger partial charge on any atom is 0.280 e. The molecule has 1 aromatic heterocycles. The molecule has 1 heterocycles. The zero-order chi connectivity index (χ0) is 10.7. The Balaban J connectivity index is 3.24. The molecular formula is C9H12F2N2O. The lowest BCUT2D eigenvalue weighted by atomic mass is 10.1. The van der Waals surface area contributed by atoms with E-state index < -0.39 is 6.43 Å². The van der Waals surface area contributed by atoms with E-state index in [-0.39, 0.29) is 12.2 Å². The largest absolute Gasteiger partial charge is 0.496 e. The second kappa shape index (κ2) is 4.32. The van der Waals surface area contributed by atoms with Gasteiger partial charge in [-0.3, -0.25) is 4.98 Å². The molecule has 0 saturated heterocycles. The Morgan fingerprint density at radius 1 is 1.57 bits per heavy atom. The summed E-state index contributed by atoms with van der Waals surface area (Å²) >= 11 is 0. The fourth-order valence-corrected chi connectivity index (χ4v) is 1.24. The summed E-state index contributed by atoms with van der Waals surface area (Å²) in [5.74, 6) is 0.371. The molecule has 14 heavy (non-hydrogen) atoms. The molecule has 0 aliphatic rings. The molecule has 0 saturated carbocycles. The Bertz CT molecular complexity index is 329. The molecule has 78 valence electrons. The fourth-order valence-electron chi connectivity index (χ4n) is 1.24. The monoisotopic (exact) mass is 202 g/mol. The summed E-state index contributed by atoms with van der Waals surface area (Å²) < 4.78 is 29.7. The normalized spacial score (nSPS) is 10.7. The van der Waals surface area contributed by atoms with Gasteiger partial charge in [-0.05, 0) is 6.92 Å². The second-order valence-electron chi connectivity index (χ2n) is 2.82. The number of nitrogens with zero attached hydrogens (tertiary/aromatic N) is 1. The first-order valence-electron chi connectivity index (χ1n) is 4.12. The van der Waals surface area contributed by atoms with Crippen LogP contribution in [-0.2, 0) is 6.54 Å². The molecule has 1 aromatic rings. The van der Waals surface area contributed by atoms with Crippen LogP contribution in [0.25, 0.3) is 0 Å². The van der Waals surface area contributed by atoms with Gasteiger partial charge >= 0.3 is 0 Å². The third kappa shape index (κ3) is 1.98. The molecule has 0 fully saturated rings. The smallest absolute Gasteiger partial charge is 0.280 e. The number of ether oxygens (including phenoxy) is 1. The highest BCUT2D eigenvalue weighted by Gasteiger charge is 2.14. The predicted molar refractivity (Wildman–Crippen MR) is 48.4 cm³/mol. The average molecular weight is 202 g/mol. The van der Waals surface area contributed by atoms with Crippen LogP contribution in [0.2, 0.25) is 0 Å². The zero-order valence-corrected chi connectivity index (χ0v) is 8.05. The highest BCUT2D eigenvalue weighted by molar-refractivity contribution is 5.38. The topological polar surface area (TPSA) is 48.1 Å². The molecule has 2 N–H and O–H groups in total. The zero-order valence-electron chi connectivity index (χ0n) is 8.05. The number of hydrogen-bond donors (Lipinski definition) is 1. The van der Waals surface area contributed by atoms with Gasteiger partial charge in [0.2, 0.25) is 0 Å². The van der Waals surface area contributed by atoms with Crippen LogP contribution in [0, 0.1) is 6.92 Å². The number of hydrogen-bond acceptors (Lipinski definition) is 3. The minimum atomic E-state index is -2.59. The molecule has 5 heteroatoms. The third-order valence-corrected chi connectivity index (χ3v) is 1.96. The number of nitrogens with two attached hydrogens (primary N) is 1. The number of methoxy groups -OCH3 is 1. The summed E-state index contributed by atoms with van der Waals surface area (Å²) in [5, 5.41) is 0. The van der Waals surface area contributed by atoms with Gasteiger partial charge in [-0.25, -0.2) is 8.78 Å². The maximum atomic E-state index is 12.3. The minimum absolute atomic E-state index is 0.228. The number of aromatic nitrogens is 1. The van der Waals surface area contributed by atoms with Gasteiger partial charge in [-0.1, -0.05) is 0 Å². The highest BCUT2D eigenvalue weighted by Crippen LogP contribution is 2.26. The summed E-state index contributed by atoms with van der Waals surface area (Å²) in [5.41, 5.74) is 6.32. The number of pyridine rings is 1. The van der Waals surface area contributed by atoms with E-state index in [1.807, 2.05) is 0 Å². The van der Waals surface area contributed by atoms with Gasteiger partial charge in [0.05, 0.1) is 7.11 Å². The summed E-state index contributed by atoms with van der Waals surface area (Å²) in [4.78, 5) is 3.74. The SMILES string of the molecule is COc1cc(C(F)F)nc(C)c1CN. The number of aryl methyl sites for hydroxylation is 1. The van der Waals surface area contributed by atoms with Gasteiger partial charge < -0.3 is 10.5 Å². The van der Waals surface area contributed by atoms with Crippen molar-refractivity contribution >= 4 is 0 Å². The molecule has 0 aliphatic heterocycles. The molecule has 3 nitrogen and oxygen atoms in total. The molecule has 0 amide bonds. The molecule has 0 aromatic carbocycles. The number of rotatable bonds is 3. The molecular weight excluding hydrogens is 190 g/mol. The lowest BCUT2D eigenvalue weighted by molar-refractivity contribution is 0.145. The van der Waals surface area contributed by atoms with Crippen LogP contribution in [0.3, 0.4) is 0 Å². The van der Waals surface area contributed by atoms with Crippen molar-refractivity contribution in [2.24, 2.45) is 5.73 Å². The van der Waals surface area contributed by atoms with Gasteiger partial charge in [0, 0.05) is 23.9 Å². The van der Waals surface area contributed by atoms with E-state index >= 15 is 0 Å². The van der Waals surface area contributed by atoms with Gasteiger partial charge in [-0.2, -0.15) is 0 Å². The summed E-state index contributed by atoms with van der Waals surface area (Å²) in [6.45, 7) is 1.86. The molecule has 1 rings (SSSR count). The van der Waals surface area contributed by atoms with Gasteiger partial charge in [0.25, 0.3) is 6.43 Å². The lowest BCUT2D eigenvalue weighted by Crippen LogP contribution is -2.06. The molecule has 0 bridgehead atoms. The van der Waals surface area contributed by atoms with Crippen LogP contribution in [0.1, 0.15) is 23.4 Å². The summed E-state index contributed by atoms with van der Waals surface area (Å²) in [6, 6.07) is 1.22. The van der Waals surface area contributed by atoms with Crippen LogP contribution in [0.5, 0.6) is 5.75 Å². The Labute approximate surface area is 80.9 Å². The lowest BCUT2D eigenvalue weighted by Gasteiger charge is -2.11. The number of alkyl halides is 2. The van der Waals surface area contributed by atoms with Crippen molar-refractivity contribution in [2.75, 3.05) is 7.11 Å². The minimum Gasteiger partial charge on any atom is -0.496 e. The molecule has 0 atom stereocenters. The van der Waals surface area contributed by atoms with E-state index in [0.717, 1.165) is 0 Å². The van der Waals surface area contributed by atoms with Gasteiger partial charge in [0.1, 0.15) is 11.4 Å². The van der Waals surface area contributed by atoms with E-state index in [2.05, 4.69) is 4.98 Å². The Hall–Kier alpha value is -1.23. The molecule has 0 radical (unpaired) electrons. The van der Waals surface area contributed by atoms with Crippen LogP contribution >= 0.6 is 0 Å². The van der Waals surface area contributed by atoms with Crippen LogP contribution < -0.4 is 10.5 Å². The molecule has 0 unspecified atom stereocenters. The maximum absolute atomic E-state index is 12.3. The van der Waals surface area contributed by atoms with Crippen LogP contribution in [0.15, 0.2) is 6.07 Å². The van der Waals surface area contributed by atoms with E-state index in [1.54, 1.807) is 6.92 Å². The van der Waals surface area contributed by atoms with Crippen LogP contribution in [-0.4, -0.2) is 12.1 Å². The fraction of sp³-hybridized carbons (Fsp3) is 0.444. The van der Waals surface area contributed by atoms with Crippen molar-refractivity contribution in [3.05, 3.63) is 23.0 Å². The van der Waals surface area contributed by atoms with Crippen molar-refractivity contribution in [3.8, 4) is 5.75 Å². The predicted octanol–water partition coefficient (Wildman–Crippen LogP) is 1.79. The first-order chi connectivity index (χ1) is 6.60. The van der Waals surface area contributed by atoms with Gasteiger partial charge in [-0.15, -0.1) is 0 Å². The van der Waals surface area contributed by atoms with Crippen molar-refractivity contribution in [1.29, 1.82) is 0 Å². The summed E-state index contributed by atoms with van der Waals surface area (Å²) in [7, 11) is 1.42. The van der Waals surface area contributed by atoms with Crippen LogP contribution in [0.4, 0.5) is 8.78 Å². The number of halogens is 2. The Morgan fingerprint density at radius 3 is 2.64 bits per heavy atom. The van der Waals surface area contributed by atoms with E-state index in [4.69, 9.17) is 10.5 Å². The van der Waals surface area contributed by atoms with E-state index in [1.165, 1.54) is 13.2 Å². The first kappa shape index (κ1) is 10.8. The van der Waals surface area contributed by atoms with Crippen molar-refractivity contribution in [3.63, 3.8) is 0 Å². The average Bonchev–Trinajstić information content (AvgIpc) is 2.16. The third-order valence-electron chi connectivity index (χ3n) is 1.96. The Morgan fingerprint density at radius 2 is 2.21 bits per heavy atom. The van der Waals surface area contributed by atoms with E-state index in [0.29, 0.717) is 17.0 Å². The standard InChI is InChI=1S/C9H12F2N2O/c1-5-6(4-12)8(14-2)3-7(13-5)9(10)11/h3,9H,4,12H2,1-2H3. The molecule has 0 spiro atoms. The van der Waals surface area contributed by atoms with Crippen molar-refractivity contribution < 1.29 is 13.5 Å². The van der Waals surface area contributed by atoms with Crippen molar-refractivity contribution in [2.45, 2.75) is 19.9 Å². The quantitative estimate of drug-likeness (QED) is 0.812. The van der Waals surface area contributed by atoms with E-state index in [9.17, 15) is 8.78 Å². The molecule has 0 aliphatic carbocycles. The second-order valence-corrected chi connectivity index (χ2v) is 2.82. The first-order valence-corrected chi connectivity index (χ1v) is 4.12.